The van der Waals surface area contributed by atoms with Crippen molar-refractivity contribution in [3.8, 4) is 0 Å². The summed E-state index contributed by atoms with van der Waals surface area (Å²) in [4.78, 5) is 0. The van der Waals surface area contributed by atoms with E-state index in [2.05, 4.69) is 47.8 Å². The molecule has 0 amide bonds. The monoisotopic (exact) mass is 440 g/mol. The number of rotatable bonds is 6. The molecule has 0 aromatic heterocycles. The van der Waals surface area contributed by atoms with Gasteiger partial charge in [0.2, 0.25) is 0 Å². The van der Waals surface area contributed by atoms with E-state index in [9.17, 15) is 0 Å². The molecule has 4 rings (SSSR count). The van der Waals surface area contributed by atoms with Gasteiger partial charge in [-0.1, -0.05) is 45.1 Å². The second-order valence-corrected chi connectivity index (χ2v) is 13.5. The van der Waals surface area contributed by atoms with Crippen LogP contribution in [0.15, 0.2) is 24.3 Å². The van der Waals surface area contributed by atoms with Crippen molar-refractivity contribution in [3.63, 3.8) is 0 Å². The molecule has 4 aliphatic rings. The van der Waals surface area contributed by atoms with Crippen molar-refractivity contribution in [2.45, 2.75) is 98.8 Å². The Balaban J connectivity index is 1.76. The van der Waals surface area contributed by atoms with Crippen LogP contribution in [-0.2, 0) is 0 Å². The van der Waals surface area contributed by atoms with E-state index < -0.39 is 0 Å². The van der Waals surface area contributed by atoms with Crippen molar-refractivity contribution in [2.75, 3.05) is 13.1 Å². The molecule has 0 radical (unpaired) electrons. The molecular weight excluding hydrogens is 388 g/mol. The fourth-order valence-electron chi connectivity index (χ4n) is 10.6. The van der Waals surface area contributed by atoms with Crippen LogP contribution in [0.1, 0.15) is 98.8 Å². The van der Waals surface area contributed by atoms with Gasteiger partial charge in [0.15, 0.2) is 0 Å². The van der Waals surface area contributed by atoms with E-state index in [-0.39, 0.29) is 0 Å². The highest BCUT2D eigenvalue weighted by Crippen LogP contribution is 2.76. The number of nitrogens with two attached hydrogens (primary N) is 2. The van der Waals surface area contributed by atoms with Gasteiger partial charge in [0, 0.05) is 0 Å². The molecule has 0 unspecified atom stereocenters. The second kappa shape index (κ2) is 8.26. The number of fused-ring (bicyclic) bond motifs is 5. The lowest BCUT2D eigenvalue weighted by Crippen LogP contribution is -2.64. The summed E-state index contributed by atoms with van der Waals surface area (Å²) >= 11 is 0. The van der Waals surface area contributed by atoms with Crippen molar-refractivity contribution in [3.05, 3.63) is 24.3 Å². The molecule has 9 atom stereocenters. The summed E-state index contributed by atoms with van der Waals surface area (Å²) in [6, 6.07) is 0. The first-order valence-electron chi connectivity index (χ1n) is 13.7. The molecule has 32 heavy (non-hydrogen) atoms. The molecule has 4 aliphatic carbocycles. The van der Waals surface area contributed by atoms with E-state index in [1.54, 1.807) is 0 Å². The highest BCUT2D eigenvalue weighted by molar-refractivity contribution is 5.22. The van der Waals surface area contributed by atoms with Crippen molar-refractivity contribution in [1.82, 2.24) is 0 Å². The summed E-state index contributed by atoms with van der Waals surface area (Å²) in [5.74, 6) is 3.64. The summed E-state index contributed by atoms with van der Waals surface area (Å²) in [5, 5.41) is 0. The Morgan fingerprint density at radius 1 is 0.844 bits per heavy atom. The summed E-state index contributed by atoms with van der Waals surface area (Å²) in [6.45, 7) is 23.3. The molecule has 2 heteroatoms. The van der Waals surface area contributed by atoms with Crippen LogP contribution in [-0.4, -0.2) is 13.1 Å². The van der Waals surface area contributed by atoms with Gasteiger partial charge in [0.05, 0.1) is 0 Å². The molecule has 0 aromatic rings. The smallest absolute Gasteiger partial charge is 0.00175 e. The summed E-state index contributed by atoms with van der Waals surface area (Å²) < 4.78 is 0. The number of allylic oxidation sites excluding steroid dienone is 2. The van der Waals surface area contributed by atoms with Crippen LogP contribution in [0.4, 0.5) is 0 Å². The fourth-order valence-corrected chi connectivity index (χ4v) is 10.6. The molecule has 0 bridgehead atoms. The minimum absolute atomic E-state index is 0.331. The van der Waals surface area contributed by atoms with Crippen molar-refractivity contribution < 1.29 is 0 Å². The Bertz CT molecular complexity index is 756. The Kier molecular flexibility index (Phi) is 6.33. The predicted octanol–water partition coefficient (Wildman–Crippen LogP) is 7.10. The van der Waals surface area contributed by atoms with E-state index >= 15 is 0 Å². The van der Waals surface area contributed by atoms with Crippen molar-refractivity contribution in [1.29, 1.82) is 0 Å². The zero-order chi connectivity index (χ0) is 23.5. The SMILES string of the molecule is C=C(C)[C@@H]1CC[C@]2(CN)CC[C@]3(C)[C@H](CC[C@@H]4[C@@](C)(CCCN)[C@H](C(=C)C)CC[C@]43C)[C@@H]12. The van der Waals surface area contributed by atoms with Gasteiger partial charge < -0.3 is 11.5 Å². The van der Waals surface area contributed by atoms with Gasteiger partial charge >= 0.3 is 0 Å². The average molecular weight is 441 g/mol. The lowest BCUT2D eigenvalue weighted by molar-refractivity contribution is -0.214. The van der Waals surface area contributed by atoms with Crippen LogP contribution < -0.4 is 11.5 Å². The Hall–Kier alpha value is -0.600. The van der Waals surface area contributed by atoms with Gasteiger partial charge in [-0.2, -0.15) is 0 Å². The van der Waals surface area contributed by atoms with Crippen LogP contribution in [0.3, 0.4) is 0 Å². The zero-order valence-corrected chi connectivity index (χ0v) is 21.9. The van der Waals surface area contributed by atoms with E-state index in [4.69, 9.17) is 11.5 Å². The standard InChI is InChI=1S/C30H52N2/c1-20(2)22-11-15-30(19-32)17-16-28(6)24(26(22)30)9-10-25-27(5,13-8-18-31)23(21(3)4)12-14-29(25,28)7/h22-26H,1,3,8-19,31-32H2,2,4-7H3/t22-,23-,24+,25+,26+,27-,28+,29+,30+/m0/s1. The first-order chi connectivity index (χ1) is 15.0. The van der Waals surface area contributed by atoms with Crippen LogP contribution in [0.25, 0.3) is 0 Å². The molecule has 0 aromatic carbocycles. The van der Waals surface area contributed by atoms with E-state index in [0.29, 0.717) is 33.5 Å². The van der Waals surface area contributed by atoms with Crippen LogP contribution >= 0.6 is 0 Å². The normalized spacial score (nSPS) is 50.3. The third-order valence-electron chi connectivity index (χ3n) is 12.4. The third kappa shape index (κ3) is 3.18. The maximum absolute atomic E-state index is 6.57. The van der Waals surface area contributed by atoms with E-state index in [1.165, 1.54) is 68.9 Å². The number of hydrogen-bond acceptors (Lipinski definition) is 2. The van der Waals surface area contributed by atoms with Gasteiger partial charge in [-0.05, 0) is 142 Å². The minimum atomic E-state index is 0.331. The Labute approximate surface area is 199 Å². The molecular formula is C30H52N2. The summed E-state index contributed by atoms with van der Waals surface area (Å²) in [7, 11) is 0. The Morgan fingerprint density at radius 2 is 1.56 bits per heavy atom. The maximum atomic E-state index is 6.57. The third-order valence-corrected chi connectivity index (χ3v) is 12.4. The Morgan fingerprint density at radius 3 is 2.16 bits per heavy atom. The first kappa shape index (κ1) is 24.5. The topological polar surface area (TPSA) is 52.0 Å². The molecule has 0 heterocycles. The van der Waals surface area contributed by atoms with Gasteiger partial charge in [-0.25, -0.2) is 0 Å². The summed E-state index contributed by atoms with van der Waals surface area (Å²) in [6.07, 6.45) is 13.2. The molecule has 0 aliphatic heterocycles. The van der Waals surface area contributed by atoms with Gasteiger partial charge in [-0.3, -0.25) is 0 Å². The quantitative estimate of drug-likeness (QED) is 0.433. The fraction of sp³-hybridized carbons (Fsp3) is 0.867. The van der Waals surface area contributed by atoms with E-state index in [0.717, 1.165) is 37.3 Å². The minimum Gasteiger partial charge on any atom is -0.330 e. The molecule has 4 N–H and O–H groups in total. The zero-order valence-electron chi connectivity index (χ0n) is 21.9. The average Bonchev–Trinajstić information content (AvgIpc) is 3.13. The molecule has 4 saturated carbocycles. The largest absolute Gasteiger partial charge is 0.330 e. The van der Waals surface area contributed by atoms with Gasteiger partial charge in [-0.15, -0.1) is 0 Å². The van der Waals surface area contributed by atoms with E-state index in [1.807, 2.05) is 0 Å². The van der Waals surface area contributed by atoms with Crippen molar-refractivity contribution >= 4 is 0 Å². The van der Waals surface area contributed by atoms with Crippen molar-refractivity contribution in [2.24, 2.45) is 62.7 Å². The molecule has 4 fully saturated rings. The highest BCUT2D eigenvalue weighted by atomic mass is 14.8. The van der Waals surface area contributed by atoms with Crippen LogP contribution in [0.5, 0.6) is 0 Å². The second-order valence-electron chi connectivity index (χ2n) is 13.5. The first-order valence-corrected chi connectivity index (χ1v) is 13.7. The van der Waals surface area contributed by atoms with Gasteiger partial charge in [0.25, 0.3) is 0 Å². The van der Waals surface area contributed by atoms with Crippen LogP contribution in [0.2, 0.25) is 0 Å². The predicted molar refractivity (Wildman–Crippen MR) is 138 cm³/mol. The molecule has 0 spiro atoms. The lowest BCUT2D eigenvalue weighted by atomic mass is 9.34. The molecule has 0 saturated heterocycles. The highest BCUT2D eigenvalue weighted by Gasteiger charge is 2.68. The lowest BCUT2D eigenvalue weighted by Gasteiger charge is -2.71. The number of hydrogen-bond donors (Lipinski definition) is 2. The summed E-state index contributed by atoms with van der Waals surface area (Å²) in [5.41, 5.74) is 16.9. The van der Waals surface area contributed by atoms with Gasteiger partial charge in [0.1, 0.15) is 0 Å². The van der Waals surface area contributed by atoms with Crippen LogP contribution in [0, 0.1) is 51.2 Å². The molecule has 2 nitrogen and oxygen atoms in total. The maximum Gasteiger partial charge on any atom is -0.00175 e. The molecule has 182 valence electrons.